The zero-order chi connectivity index (χ0) is 13.2. The van der Waals surface area contributed by atoms with Crippen molar-refractivity contribution in [3.8, 4) is 11.4 Å². The molecule has 5 nitrogen and oxygen atoms in total. The first kappa shape index (κ1) is 12.0. The van der Waals surface area contributed by atoms with Crippen molar-refractivity contribution >= 4 is 5.95 Å². The highest BCUT2D eigenvalue weighted by molar-refractivity contribution is 5.56. The van der Waals surface area contributed by atoms with Gasteiger partial charge in [0.1, 0.15) is 0 Å². The Balaban J connectivity index is 1.85. The number of hydrogen-bond acceptors (Lipinski definition) is 4. The van der Waals surface area contributed by atoms with Gasteiger partial charge >= 0.3 is 0 Å². The molecule has 0 atom stereocenters. The lowest BCUT2D eigenvalue weighted by Crippen LogP contribution is -2.44. The molecule has 7 heteroatoms. The highest BCUT2D eigenvalue weighted by atomic mass is 19.2. The molecule has 1 saturated heterocycles. The predicted molar refractivity (Wildman–Crippen MR) is 66.8 cm³/mol. The van der Waals surface area contributed by atoms with Crippen LogP contribution in [-0.2, 0) is 0 Å². The molecule has 0 bridgehead atoms. The number of H-pyrrole nitrogens is 1. The predicted octanol–water partition coefficient (Wildman–Crippen LogP) is 1.16. The standard InChI is InChI=1S/C12H13F2N5/c13-9-2-1-8(7-10(9)14)11-16-12(18-17-11)19-5-3-15-4-6-19/h1-2,7,15H,3-6H2,(H,16,17,18). The molecule has 1 aromatic carbocycles. The molecule has 2 aromatic rings. The summed E-state index contributed by atoms with van der Waals surface area (Å²) >= 11 is 0. The molecule has 2 heterocycles. The molecule has 2 N–H and O–H groups in total. The summed E-state index contributed by atoms with van der Waals surface area (Å²) in [5.41, 5.74) is 0.479. The molecule has 0 amide bonds. The van der Waals surface area contributed by atoms with Crippen molar-refractivity contribution in [3.05, 3.63) is 29.8 Å². The van der Waals surface area contributed by atoms with Crippen LogP contribution in [0.5, 0.6) is 0 Å². The summed E-state index contributed by atoms with van der Waals surface area (Å²) in [7, 11) is 0. The van der Waals surface area contributed by atoms with E-state index >= 15 is 0 Å². The van der Waals surface area contributed by atoms with Gasteiger partial charge in [0.25, 0.3) is 0 Å². The smallest absolute Gasteiger partial charge is 0.245 e. The number of nitrogens with one attached hydrogen (secondary N) is 2. The summed E-state index contributed by atoms with van der Waals surface area (Å²) in [4.78, 5) is 6.36. The van der Waals surface area contributed by atoms with Crippen LogP contribution in [-0.4, -0.2) is 41.4 Å². The van der Waals surface area contributed by atoms with Gasteiger partial charge in [-0.15, -0.1) is 5.10 Å². The maximum Gasteiger partial charge on any atom is 0.245 e. The number of aromatic amines is 1. The minimum absolute atomic E-state index is 0.437. The number of hydrogen-bond donors (Lipinski definition) is 2. The van der Waals surface area contributed by atoms with Crippen LogP contribution in [0.1, 0.15) is 0 Å². The number of benzene rings is 1. The largest absolute Gasteiger partial charge is 0.337 e. The monoisotopic (exact) mass is 265 g/mol. The second-order valence-corrected chi connectivity index (χ2v) is 4.35. The number of aromatic nitrogens is 3. The maximum atomic E-state index is 13.2. The van der Waals surface area contributed by atoms with E-state index in [1.807, 2.05) is 4.90 Å². The van der Waals surface area contributed by atoms with Gasteiger partial charge in [-0.3, -0.25) is 5.10 Å². The first-order chi connectivity index (χ1) is 9.24. The van der Waals surface area contributed by atoms with Crippen LogP contribution in [0.25, 0.3) is 11.4 Å². The fourth-order valence-electron chi connectivity index (χ4n) is 2.03. The molecule has 0 aliphatic carbocycles. The SMILES string of the molecule is Fc1ccc(-c2nc(N3CCNCC3)n[nH]2)cc1F. The third kappa shape index (κ3) is 2.41. The van der Waals surface area contributed by atoms with Crippen LogP contribution >= 0.6 is 0 Å². The number of halogens is 2. The normalized spacial score (nSPS) is 15.8. The van der Waals surface area contributed by atoms with E-state index in [4.69, 9.17) is 0 Å². The lowest BCUT2D eigenvalue weighted by Gasteiger charge is -2.25. The van der Waals surface area contributed by atoms with E-state index in [9.17, 15) is 8.78 Å². The fraction of sp³-hybridized carbons (Fsp3) is 0.333. The summed E-state index contributed by atoms with van der Waals surface area (Å²) in [6.07, 6.45) is 0. The Morgan fingerprint density at radius 2 is 1.89 bits per heavy atom. The van der Waals surface area contributed by atoms with Crippen molar-refractivity contribution in [1.29, 1.82) is 0 Å². The van der Waals surface area contributed by atoms with Crippen LogP contribution in [0.3, 0.4) is 0 Å². The van der Waals surface area contributed by atoms with Crippen molar-refractivity contribution < 1.29 is 8.78 Å². The fourth-order valence-corrected chi connectivity index (χ4v) is 2.03. The third-order valence-corrected chi connectivity index (χ3v) is 3.07. The van der Waals surface area contributed by atoms with Crippen molar-refractivity contribution in [1.82, 2.24) is 20.5 Å². The summed E-state index contributed by atoms with van der Waals surface area (Å²) in [6, 6.07) is 3.66. The molecule has 3 rings (SSSR count). The molecule has 1 aromatic heterocycles. The summed E-state index contributed by atoms with van der Waals surface area (Å²) in [5, 5.41) is 10.1. The molecule has 19 heavy (non-hydrogen) atoms. The molecule has 100 valence electrons. The Morgan fingerprint density at radius 1 is 1.11 bits per heavy atom. The lowest BCUT2D eigenvalue weighted by molar-refractivity contribution is 0.509. The topological polar surface area (TPSA) is 56.8 Å². The van der Waals surface area contributed by atoms with Gasteiger partial charge in [-0.2, -0.15) is 4.98 Å². The average molecular weight is 265 g/mol. The van der Waals surface area contributed by atoms with Crippen LogP contribution in [0.15, 0.2) is 18.2 Å². The second kappa shape index (κ2) is 4.93. The number of anilines is 1. The number of piperazine rings is 1. The molecule has 0 unspecified atom stereocenters. The molecule has 1 aliphatic rings. The summed E-state index contributed by atoms with van der Waals surface area (Å²) in [5.74, 6) is -0.739. The molecule has 1 aliphatic heterocycles. The van der Waals surface area contributed by atoms with E-state index in [0.717, 1.165) is 38.3 Å². The molecular weight excluding hydrogens is 252 g/mol. The van der Waals surface area contributed by atoms with Crippen LogP contribution in [0.4, 0.5) is 14.7 Å². The minimum Gasteiger partial charge on any atom is -0.337 e. The number of nitrogens with zero attached hydrogens (tertiary/aromatic N) is 3. The van der Waals surface area contributed by atoms with Crippen LogP contribution in [0, 0.1) is 11.6 Å². The van der Waals surface area contributed by atoms with Gasteiger partial charge in [-0.25, -0.2) is 8.78 Å². The van der Waals surface area contributed by atoms with Crippen LogP contribution in [0.2, 0.25) is 0 Å². The van der Waals surface area contributed by atoms with Crippen molar-refractivity contribution in [3.63, 3.8) is 0 Å². The summed E-state index contributed by atoms with van der Waals surface area (Å²) < 4.78 is 26.0. The van der Waals surface area contributed by atoms with Gasteiger partial charge in [0.05, 0.1) is 0 Å². The third-order valence-electron chi connectivity index (χ3n) is 3.07. The average Bonchev–Trinajstić information content (AvgIpc) is 2.93. The minimum atomic E-state index is -0.891. The molecular formula is C12H13F2N5. The molecule has 0 radical (unpaired) electrons. The Labute approximate surface area is 108 Å². The van der Waals surface area contributed by atoms with E-state index in [1.165, 1.54) is 6.07 Å². The quantitative estimate of drug-likeness (QED) is 0.855. The van der Waals surface area contributed by atoms with Gasteiger partial charge in [0, 0.05) is 31.7 Å². The maximum absolute atomic E-state index is 13.2. The Kier molecular flexibility index (Phi) is 3.12. The first-order valence-electron chi connectivity index (χ1n) is 6.07. The van der Waals surface area contributed by atoms with Crippen molar-refractivity contribution in [2.45, 2.75) is 0 Å². The van der Waals surface area contributed by atoms with Crippen molar-refractivity contribution in [2.24, 2.45) is 0 Å². The van der Waals surface area contributed by atoms with Gasteiger partial charge in [-0.05, 0) is 18.2 Å². The highest BCUT2D eigenvalue weighted by Crippen LogP contribution is 2.20. The zero-order valence-corrected chi connectivity index (χ0v) is 10.2. The summed E-state index contributed by atoms with van der Waals surface area (Å²) in [6.45, 7) is 3.42. The van der Waals surface area contributed by atoms with E-state index in [1.54, 1.807) is 0 Å². The number of rotatable bonds is 2. The Bertz CT molecular complexity index is 577. The lowest BCUT2D eigenvalue weighted by atomic mass is 10.2. The van der Waals surface area contributed by atoms with Crippen molar-refractivity contribution in [2.75, 3.05) is 31.1 Å². The highest BCUT2D eigenvalue weighted by Gasteiger charge is 2.16. The molecule has 1 fully saturated rings. The Hall–Kier alpha value is -2.02. The van der Waals surface area contributed by atoms with Gasteiger partial charge in [-0.1, -0.05) is 0 Å². The van der Waals surface area contributed by atoms with Gasteiger partial charge in [0.15, 0.2) is 17.5 Å². The van der Waals surface area contributed by atoms with E-state index in [-0.39, 0.29) is 0 Å². The second-order valence-electron chi connectivity index (χ2n) is 4.35. The zero-order valence-electron chi connectivity index (χ0n) is 10.2. The van der Waals surface area contributed by atoms with Gasteiger partial charge in [0.2, 0.25) is 5.95 Å². The van der Waals surface area contributed by atoms with E-state index in [0.29, 0.717) is 17.3 Å². The Morgan fingerprint density at radius 3 is 2.63 bits per heavy atom. The van der Waals surface area contributed by atoms with E-state index in [2.05, 4.69) is 20.5 Å². The molecule has 0 saturated carbocycles. The first-order valence-corrected chi connectivity index (χ1v) is 6.07. The van der Waals surface area contributed by atoms with Gasteiger partial charge < -0.3 is 10.2 Å². The molecule has 0 spiro atoms. The van der Waals surface area contributed by atoms with E-state index < -0.39 is 11.6 Å². The van der Waals surface area contributed by atoms with Crippen LogP contribution < -0.4 is 10.2 Å².